The molecule has 1 fully saturated rings. The van der Waals surface area contributed by atoms with E-state index in [0.29, 0.717) is 24.3 Å². The molecule has 0 spiro atoms. The number of nitrogens with one attached hydrogen (secondary N) is 1. The highest BCUT2D eigenvalue weighted by Gasteiger charge is 2.44. The summed E-state index contributed by atoms with van der Waals surface area (Å²) in [5.74, 6) is -0.0178. The van der Waals surface area contributed by atoms with E-state index in [1.165, 1.54) is 0 Å². The van der Waals surface area contributed by atoms with E-state index in [1.807, 2.05) is 41.1 Å². The largest absolute Gasteiger partial charge is 0.381 e. The van der Waals surface area contributed by atoms with Crippen molar-refractivity contribution in [1.82, 2.24) is 19.4 Å². The van der Waals surface area contributed by atoms with Gasteiger partial charge in [-0.1, -0.05) is 6.07 Å². The van der Waals surface area contributed by atoms with Crippen LogP contribution in [0.4, 0.5) is 11.4 Å². The summed E-state index contributed by atoms with van der Waals surface area (Å²) >= 11 is 0. The number of hydrogen-bond donors (Lipinski definition) is 1. The first-order valence-electron chi connectivity index (χ1n) is 12.2. The quantitative estimate of drug-likeness (QED) is 0.559. The van der Waals surface area contributed by atoms with Crippen molar-refractivity contribution in [3.63, 3.8) is 0 Å². The predicted molar refractivity (Wildman–Crippen MR) is 140 cm³/mol. The number of fused-ring (bicyclic) bond motifs is 1. The molecular formula is C27H31N7O2. The number of amides is 2. The molecule has 0 saturated carbocycles. The number of nitrogens with zero attached hydrogens (tertiary/aromatic N) is 6. The monoisotopic (exact) mass is 485 g/mol. The van der Waals surface area contributed by atoms with Crippen molar-refractivity contribution in [3.05, 3.63) is 71.6 Å². The molecule has 0 bridgehead atoms. The van der Waals surface area contributed by atoms with Crippen LogP contribution >= 0.6 is 0 Å². The summed E-state index contributed by atoms with van der Waals surface area (Å²) in [5.41, 5.74) is 4.35. The number of aromatic nitrogens is 3. The minimum Gasteiger partial charge on any atom is -0.381 e. The number of carbonyl (C=O) groups excluding carboxylic acids is 2. The average molecular weight is 486 g/mol. The van der Waals surface area contributed by atoms with Crippen molar-refractivity contribution in [2.45, 2.75) is 38.3 Å². The molecule has 1 saturated heterocycles. The first-order chi connectivity index (χ1) is 17.3. The van der Waals surface area contributed by atoms with Crippen LogP contribution in [-0.2, 0) is 12.6 Å². The van der Waals surface area contributed by atoms with Crippen LogP contribution < -0.4 is 10.2 Å². The van der Waals surface area contributed by atoms with Crippen LogP contribution in [0.25, 0.3) is 0 Å². The van der Waals surface area contributed by atoms with Crippen molar-refractivity contribution in [3.8, 4) is 0 Å². The van der Waals surface area contributed by atoms with Crippen LogP contribution in [0.15, 0.2) is 54.2 Å². The molecule has 2 amide bonds. The van der Waals surface area contributed by atoms with Crippen LogP contribution in [0, 0.1) is 0 Å². The van der Waals surface area contributed by atoms with E-state index in [1.54, 1.807) is 42.7 Å². The van der Waals surface area contributed by atoms with Gasteiger partial charge in [-0.3, -0.25) is 24.5 Å². The van der Waals surface area contributed by atoms with Gasteiger partial charge in [0.15, 0.2) is 0 Å². The highest BCUT2D eigenvalue weighted by Crippen LogP contribution is 2.42. The third kappa shape index (κ3) is 4.14. The zero-order chi connectivity index (χ0) is 25.4. The Morgan fingerprint density at radius 1 is 1.14 bits per heavy atom. The normalized spacial score (nSPS) is 17.6. The smallest absolute Gasteiger partial charge is 0.272 e. The van der Waals surface area contributed by atoms with E-state index in [2.05, 4.69) is 34.1 Å². The number of hydrogen-bond acceptors (Lipinski definition) is 6. The lowest BCUT2D eigenvalue weighted by Crippen LogP contribution is -2.43. The van der Waals surface area contributed by atoms with Crippen molar-refractivity contribution in [1.29, 1.82) is 0 Å². The fourth-order valence-corrected chi connectivity index (χ4v) is 5.24. The molecule has 0 radical (unpaired) electrons. The first kappa shape index (κ1) is 23.7. The maximum absolute atomic E-state index is 13.4. The van der Waals surface area contributed by atoms with Gasteiger partial charge in [0.2, 0.25) is 0 Å². The molecule has 4 heterocycles. The molecule has 1 N–H and O–H groups in total. The Hall–Kier alpha value is -4.01. The molecule has 1 aromatic carbocycles. The number of likely N-dealkylation sites (tertiary alicyclic amines) is 1. The summed E-state index contributed by atoms with van der Waals surface area (Å²) in [4.78, 5) is 42.5. The summed E-state index contributed by atoms with van der Waals surface area (Å²) in [7, 11) is 3.57. The molecular weight excluding hydrogens is 454 g/mol. The van der Waals surface area contributed by atoms with Gasteiger partial charge in [-0.15, -0.1) is 0 Å². The van der Waals surface area contributed by atoms with Gasteiger partial charge in [-0.05, 0) is 56.0 Å². The zero-order valence-corrected chi connectivity index (χ0v) is 21.1. The van der Waals surface area contributed by atoms with Crippen molar-refractivity contribution < 1.29 is 9.59 Å². The molecule has 0 aliphatic carbocycles. The summed E-state index contributed by atoms with van der Waals surface area (Å²) in [6.45, 7) is 5.45. The van der Waals surface area contributed by atoms with Crippen LogP contribution in [0.2, 0.25) is 0 Å². The number of imidazole rings is 1. The number of piperidine rings is 1. The van der Waals surface area contributed by atoms with Crippen molar-refractivity contribution >= 4 is 29.4 Å². The number of pyridine rings is 1. The van der Waals surface area contributed by atoms with Crippen molar-refractivity contribution in [2.75, 3.05) is 30.4 Å². The second-order valence-corrected chi connectivity index (χ2v) is 9.92. The highest BCUT2D eigenvalue weighted by atomic mass is 16.2. The molecule has 2 aromatic heterocycles. The molecule has 3 aromatic rings. The Morgan fingerprint density at radius 2 is 1.92 bits per heavy atom. The third-order valence-corrected chi connectivity index (χ3v) is 7.14. The fourth-order valence-electron chi connectivity index (χ4n) is 5.24. The average Bonchev–Trinajstić information content (AvgIpc) is 3.37. The minimum absolute atomic E-state index is 0.0137. The van der Waals surface area contributed by atoms with Gasteiger partial charge in [-0.25, -0.2) is 4.98 Å². The highest BCUT2D eigenvalue weighted by molar-refractivity contribution is 6.12. The molecule has 0 atom stereocenters. The van der Waals surface area contributed by atoms with Gasteiger partial charge in [0.25, 0.3) is 11.8 Å². The summed E-state index contributed by atoms with van der Waals surface area (Å²) < 4.78 is 1.75. The van der Waals surface area contributed by atoms with Gasteiger partial charge in [0.1, 0.15) is 5.69 Å². The SMILES string of the molecule is C/N=C/c1ccc2c(c1)C(C)(C)N(c1cncc(NC3CCN(C(=O)c4cncn4C)CC3)c1)C2=O. The topological polar surface area (TPSA) is 95.7 Å². The molecule has 9 nitrogen and oxygen atoms in total. The predicted octanol–water partition coefficient (Wildman–Crippen LogP) is 3.48. The second kappa shape index (κ2) is 9.22. The molecule has 36 heavy (non-hydrogen) atoms. The standard InChI is InChI=1S/C27H31N7O2/c1-27(2)23-11-18(13-28-3)5-6-22(23)25(35)34(27)21-12-20(14-29-15-21)31-19-7-9-33(10-8-19)26(36)24-16-30-17-32(24)4/h5-6,11-17,19,31H,7-10H2,1-4H3/b28-13+. The van der Waals surface area contributed by atoms with Gasteiger partial charge in [-0.2, -0.15) is 0 Å². The van der Waals surface area contributed by atoms with Crippen LogP contribution in [0.1, 0.15) is 58.7 Å². The number of aryl methyl sites for hydroxylation is 1. The Bertz CT molecular complexity index is 1340. The maximum Gasteiger partial charge on any atom is 0.272 e. The second-order valence-electron chi connectivity index (χ2n) is 9.92. The van der Waals surface area contributed by atoms with E-state index in [0.717, 1.165) is 35.3 Å². The molecule has 5 rings (SSSR count). The van der Waals surface area contributed by atoms with E-state index < -0.39 is 5.54 Å². The molecule has 0 unspecified atom stereocenters. The molecule has 2 aliphatic rings. The Kier molecular flexibility index (Phi) is 6.07. The van der Waals surface area contributed by atoms with Crippen molar-refractivity contribution in [2.24, 2.45) is 12.0 Å². The van der Waals surface area contributed by atoms with E-state index >= 15 is 0 Å². The summed E-state index contributed by atoms with van der Waals surface area (Å²) in [5, 5.41) is 3.57. The van der Waals surface area contributed by atoms with Gasteiger partial charge < -0.3 is 14.8 Å². The number of anilines is 2. The number of rotatable bonds is 5. The van der Waals surface area contributed by atoms with Gasteiger partial charge >= 0.3 is 0 Å². The van der Waals surface area contributed by atoms with Crippen LogP contribution in [-0.4, -0.2) is 63.6 Å². The van der Waals surface area contributed by atoms with Gasteiger partial charge in [0, 0.05) is 45.0 Å². The minimum atomic E-state index is -0.526. The summed E-state index contributed by atoms with van der Waals surface area (Å²) in [6.07, 6.45) is 10.2. The molecule has 2 aliphatic heterocycles. The number of benzene rings is 1. The van der Waals surface area contributed by atoms with E-state index in [-0.39, 0.29) is 17.9 Å². The lowest BCUT2D eigenvalue weighted by Gasteiger charge is -2.34. The Balaban J connectivity index is 1.29. The van der Waals surface area contributed by atoms with E-state index in [4.69, 9.17) is 0 Å². The lowest BCUT2D eigenvalue weighted by molar-refractivity contribution is 0.0708. The van der Waals surface area contributed by atoms with E-state index in [9.17, 15) is 9.59 Å². The molecule has 186 valence electrons. The fraction of sp³-hybridized carbons (Fsp3) is 0.370. The Morgan fingerprint density at radius 3 is 2.61 bits per heavy atom. The third-order valence-electron chi connectivity index (χ3n) is 7.14. The maximum atomic E-state index is 13.4. The summed E-state index contributed by atoms with van der Waals surface area (Å²) in [6, 6.07) is 8.04. The van der Waals surface area contributed by atoms with Crippen LogP contribution in [0.5, 0.6) is 0 Å². The zero-order valence-electron chi connectivity index (χ0n) is 21.1. The molecule has 9 heteroatoms. The number of aliphatic imine (C=N–C) groups is 1. The van der Waals surface area contributed by atoms with Gasteiger partial charge in [0.05, 0.1) is 41.8 Å². The van der Waals surface area contributed by atoms with Crippen LogP contribution in [0.3, 0.4) is 0 Å². The first-order valence-corrected chi connectivity index (χ1v) is 12.2. The Labute approximate surface area is 210 Å². The lowest BCUT2D eigenvalue weighted by atomic mass is 9.92. The number of carbonyl (C=O) groups is 2.